The number of unbranched alkanes of at least 4 members (excludes halogenated alkanes) is 1. The minimum absolute atomic E-state index is 0.219. The largest absolute Gasteiger partial charge is 0.493 e. The zero-order valence-corrected chi connectivity index (χ0v) is 15.7. The average molecular weight is 332 g/mol. The molecular weight excluding hydrogens is 300 g/mol. The van der Waals surface area contributed by atoms with E-state index in [4.69, 9.17) is 4.74 Å². The van der Waals surface area contributed by atoms with Gasteiger partial charge in [-0.2, -0.15) is 0 Å². The third-order valence-electron chi connectivity index (χ3n) is 4.61. The average Bonchev–Trinajstić information content (AvgIpc) is 2.55. The monoisotopic (exact) mass is 332 g/mol. The number of nitrogens with zero attached hydrogens (tertiary/aromatic N) is 1. The second kappa shape index (κ2) is 9.19. The van der Waals surface area contributed by atoms with Crippen LogP contribution in [0, 0.1) is 6.92 Å². The van der Waals surface area contributed by atoms with Gasteiger partial charge in [-0.05, 0) is 42.5 Å². The molecule has 0 aliphatic carbocycles. The Kier molecular flexibility index (Phi) is 7.25. The van der Waals surface area contributed by atoms with Gasteiger partial charge in [0, 0.05) is 31.7 Å². The summed E-state index contributed by atoms with van der Waals surface area (Å²) in [5.74, 6) is 1.50. The van der Waals surface area contributed by atoms with E-state index in [9.17, 15) is 4.79 Å². The maximum Gasteiger partial charge on any atom is 0.177 e. The Labute approximate surface area is 146 Å². The molecule has 1 fully saturated rings. The van der Waals surface area contributed by atoms with Crippen LogP contribution in [0.3, 0.4) is 0 Å². The molecule has 1 aliphatic heterocycles. The quantitative estimate of drug-likeness (QED) is 0.585. The molecule has 0 aromatic heterocycles. The molecule has 0 atom stereocenters. The zero-order valence-electron chi connectivity index (χ0n) is 15.7. The van der Waals surface area contributed by atoms with Crippen molar-refractivity contribution in [2.75, 3.05) is 39.3 Å². The first kappa shape index (κ1) is 18.9. The van der Waals surface area contributed by atoms with Gasteiger partial charge in [-0.25, -0.2) is 0 Å². The number of rotatable bonds is 8. The fourth-order valence-corrected chi connectivity index (χ4v) is 3.06. The Balaban J connectivity index is 2.16. The van der Waals surface area contributed by atoms with Gasteiger partial charge in [0.05, 0.1) is 13.2 Å². The van der Waals surface area contributed by atoms with Crippen molar-refractivity contribution in [2.24, 2.45) is 0 Å². The van der Waals surface area contributed by atoms with Crippen molar-refractivity contribution >= 4 is 5.78 Å². The normalized spacial score (nSPS) is 15.7. The lowest BCUT2D eigenvalue weighted by Gasteiger charge is -2.27. The number of benzene rings is 1. The summed E-state index contributed by atoms with van der Waals surface area (Å²) in [6.45, 7) is 13.6. The molecule has 1 aliphatic rings. The summed E-state index contributed by atoms with van der Waals surface area (Å²) in [4.78, 5) is 15.0. The number of Topliss-reactive ketones (excluding diaryl/α,β-unsaturated/α-hetero) is 1. The number of hydrogen-bond donors (Lipinski definition) is 1. The van der Waals surface area contributed by atoms with Crippen molar-refractivity contribution in [3.8, 4) is 5.75 Å². The van der Waals surface area contributed by atoms with E-state index in [0.717, 1.165) is 68.1 Å². The highest BCUT2D eigenvalue weighted by Crippen LogP contribution is 2.30. The molecule has 1 N–H and O–H groups in total. The Morgan fingerprint density at radius 1 is 1.29 bits per heavy atom. The van der Waals surface area contributed by atoms with E-state index < -0.39 is 0 Å². The van der Waals surface area contributed by atoms with Crippen LogP contribution in [0.25, 0.3) is 0 Å². The highest BCUT2D eigenvalue weighted by Gasteiger charge is 2.19. The summed E-state index contributed by atoms with van der Waals surface area (Å²) in [6, 6.07) is 4.11. The van der Waals surface area contributed by atoms with Crippen LogP contribution >= 0.6 is 0 Å². The summed E-state index contributed by atoms with van der Waals surface area (Å²) in [5, 5.41) is 3.33. The summed E-state index contributed by atoms with van der Waals surface area (Å²) < 4.78 is 5.97. The molecule has 4 nitrogen and oxygen atoms in total. The van der Waals surface area contributed by atoms with Crippen LogP contribution in [-0.2, 0) is 0 Å². The second-order valence-electron chi connectivity index (χ2n) is 7.01. The van der Waals surface area contributed by atoms with Crippen LogP contribution in [0.1, 0.15) is 61.0 Å². The van der Waals surface area contributed by atoms with Gasteiger partial charge in [0.1, 0.15) is 5.75 Å². The van der Waals surface area contributed by atoms with Crippen LogP contribution in [0.15, 0.2) is 12.1 Å². The van der Waals surface area contributed by atoms with Gasteiger partial charge < -0.3 is 10.1 Å². The van der Waals surface area contributed by atoms with Gasteiger partial charge in [-0.1, -0.05) is 27.2 Å². The predicted octanol–water partition coefficient (Wildman–Crippen LogP) is 3.39. The molecule has 1 aromatic carbocycles. The zero-order chi connectivity index (χ0) is 17.5. The molecule has 0 amide bonds. The summed E-state index contributed by atoms with van der Waals surface area (Å²) in [6.07, 6.45) is 2.18. The van der Waals surface area contributed by atoms with Crippen molar-refractivity contribution in [2.45, 2.75) is 46.5 Å². The summed E-state index contributed by atoms with van der Waals surface area (Å²) in [5.41, 5.74) is 3.01. The number of carbonyl (C=O) groups excluding carboxylic acids is 1. The lowest BCUT2D eigenvalue weighted by atomic mass is 9.94. The van der Waals surface area contributed by atoms with E-state index in [0.29, 0.717) is 12.5 Å². The van der Waals surface area contributed by atoms with Gasteiger partial charge in [0.25, 0.3) is 0 Å². The van der Waals surface area contributed by atoms with Crippen molar-refractivity contribution in [3.63, 3.8) is 0 Å². The molecule has 0 radical (unpaired) electrons. The number of ketones is 1. The van der Waals surface area contributed by atoms with Crippen LogP contribution in [-0.4, -0.2) is 50.0 Å². The van der Waals surface area contributed by atoms with Crippen molar-refractivity contribution in [3.05, 3.63) is 28.8 Å². The highest BCUT2D eigenvalue weighted by atomic mass is 16.5. The molecule has 134 valence electrons. The van der Waals surface area contributed by atoms with E-state index >= 15 is 0 Å². The van der Waals surface area contributed by atoms with Gasteiger partial charge in [-0.3, -0.25) is 9.69 Å². The Hall–Kier alpha value is -1.39. The molecule has 1 heterocycles. The Morgan fingerprint density at radius 3 is 2.62 bits per heavy atom. The predicted molar refractivity (Wildman–Crippen MR) is 99.3 cm³/mol. The number of nitrogens with one attached hydrogen (secondary N) is 1. The van der Waals surface area contributed by atoms with E-state index in [2.05, 4.69) is 43.1 Å². The Morgan fingerprint density at radius 2 is 2.00 bits per heavy atom. The van der Waals surface area contributed by atoms with Crippen LogP contribution < -0.4 is 10.1 Å². The first-order valence-electron chi connectivity index (χ1n) is 9.26. The topological polar surface area (TPSA) is 41.6 Å². The Bertz CT molecular complexity index is 549. The van der Waals surface area contributed by atoms with Crippen molar-refractivity contribution < 1.29 is 9.53 Å². The number of hydrogen-bond acceptors (Lipinski definition) is 4. The third kappa shape index (κ3) is 5.05. The third-order valence-corrected chi connectivity index (χ3v) is 4.61. The molecule has 24 heavy (non-hydrogen) atoms. The first-order valence-corrected chi connectivity index (χ1v) is 9.26. The fraction of sp³-hybridized carbons (Fsp3) is 0.650. The molecule has 1 aromatic rings. The van der Waals surface area contributed by atoms with Crippen LogP contribution in [0.2, 0.25) is 0 Å². The molecule has 0 bridgehead atoms. The van der Waals surface area contributed by atoms with E-state index in [1.165, 1.54) is 0 Å². The lowest BCUT2D eigenvalue weighted by Crippen LogP contribution is -2.45. The van der Waals surface area contributed by atoms with E-state index in [1.807, 2.05) is 6.92 Å². The van der Waals surface area contributed by atoms with Crippen LogP contribution in [0.4, 0.5) is 0 Å². The molecule has 0 spiro atoms. The molecule has 4 heteroatoms. The van der Waals surface area contributed by atoms with Crippen molar-refractivity contribution in [1.82, 2.24) is 10.2 Å². The molecular formula is C20H32N2O2. The second-order valence-corrected chi connectivity index (χ2v) is 7.01. The van der Waals surface area contributed by atoms with E-state index in [-0.39, 0.29) is 5.78 Å². The number of ether oxygens (including phenoxy) is 1. The molecule has 2 rings (SSSR count). The maximum absolute atomic E-state index is 12.8. The smallest absolute Gasteiger partial charge is 0.177 e. The SMILES string of the molecule is CCCCOc1cc(C)c(C(=O)CN2CCNCC2)cc1C(C)C. The van der Waals surface area contributed by atoms with Crippen molar-refractivity contribution in [1.29, 1.82) is 0 Å². The minimum atomic E-state index is 0.219. The lowest BCUT2D eigenvalue weighted by molar-refractivity contribution is 0.0920. The number of piperazine rings is 1. The molecule has 1 saturated heterocycles. The standard InChI is InChI=1S/C20H32N2O2/c1-5-6-11-24-20-12-16(4)18(13-17(20)15(2)3)19(23)14-22-9-7-21-8-10-22/h12-13,15,21H,5-11,14H2,1-4H3. The van der Waals surface area contributed by atoms with Gasteiger partial charge >= 0.3 is 0 Å². The summed E-state index contributed by atoms with van der Waals surface area (Å²) >= 11 is 0. The highest BCUT2D eigenvalue weighted by molar-refractivity contribution is 5.99. The maximum atomic E-state index is 12.8. The first-order chi connectivity index (χ1) is 11.5. The van der Waals surface area contributed by atoms with Crippen LogP contribution in [0.5, 0.6) is 5.75 Å². The fourth-order valence-electron chi connectivity index (χ4n) is 3.06. The summed E-state index contributed by atoms with van der Waals surface area (Å²) in [7, 11) is 0. The van der Waals surface area contributed by atoms with E-state index in [1.54, 1.807) is 0 Å². The number of aryl methyl sites for hydroxylation is 1. The van der Waals surface area contributed by atoms with Gasteiger partial charge in [0.2, 0.25) is 0 Å². The number of carbonyl (C=O) groups is 1. The minimum Gasteiger partial charge on any atom is -0.493 e. The van der Waals surface area contributed by atoms with Gasteiger partial charge in [0.15, 0.2) is 5.78 Å². The molecule has 0 saturated carbocycles. The van der Waals surface area contributed by atoms with Gasteiger partial charge in [-0.15, -0.1) is 0 Å². The molecule has 0 unspecified atom stereocenters.